The van der Waals surface area contributed by atoms with Crippen LogP contribution in [0.3, 0.4) is 0 Å². The second kappa shape index (κ2) is 5.62. The van der Waals surface area contributed by atoms with Crippen LogP contribution >= 0.6 is 0 Å². The molecule has 0 aliphatic rings. The van der Waals surface area contributed by atoms with Gasteiger partial charge in [0.15, 0.2) is 0 Å². The summed E-state index contributed by atoms with van der Waals surface area (Å²) in [6.45, 7) is 3.34. The monoisotopic (exact) mass is 285 g/mol. The average molecular weight is 285 g/mol. The minimum Gasteiger partial charge on any atom is -0.507 e. The van der Waals surface area contributed by atoms with Crippen molar-refractivity contribution in [1.29, 1.82) is 0 Å². The molecule has 6 nitrogen and oxygen atoms in total. The summed E-state index contributed by atoms with van der Waals surface area (Å²) in [7, 11) is 0. The molecule has 3 N–H and O–H groups in total. The summed E-state index contributed by atoms with van der Waals surface area (Å²) in [4.78, 5) is 23.6. The molecule has 0 radical (unpaired) electrons. The standard InChI is InChI=1S/C15H15N3O3/c1-9-7-10(2)18(15(21)13(9)14(16)20)17-8-11-5-3-4-6-12(11)19/h3-8,19H,1-2H3,(H2,16,20)/b17-8-. The van der Waals surface area contributed by atoms with Gasteiger partial charge in [0.05, 0.1) is 6.21 Å². The number of nitrogens with zero attached hydrogens (tertiary/aromatic N) is 2. The second-order valence-corrected chi connectivity index (χ2v) is 4.63. The maximum Gasteiger partial charge on any atom is 0.284 e. The van der Waals surface area contributed by atoms with Crippen molar-refractivity contribution in [3.63, 3.8) is 0 Å². The average Bonchev–Trinajstić information content (AvgIpc) is 2.39. The number of hydrogen-bond donors (Lipinski definition) is 2. The third-order valence-corrected chi connectivity index (χ3v) is 3.06. The summed E-state index contributed by atoms with van der Waals surface area (Å²) < 4.78 is 1.08. The van der Waals surface area contributed by atoms with Crippen molar-refractivity contribution in [2.45, 2.75) is 13.8 Å². The molecule has 0 bridgehead atoms. The highest BCUT2D eigenvalue weighted by Crippen LogP contribution is 2.13. The van der Waals surface area contributed by atoms with Gasteiger partial charge in [-0.2, -0.15) is 5.10 Å². The van der Waals surface area contributed by atoms with E-state index in [2.05, 4.69) is 5.10 Å². The van der Waals surface area contributed by atoms with Gasteiger partial charge in [0.2, 0.25) is 0 Å². The first-order valence-electron chi connectivity index (χ1n) is 6.27. The second-order valence-electron chi connectivity index (χ2n) is 4.63. The van der Waals surface area contributed by atoms with E-state index in [1.54, 1.807) is 38.1 Å². The highest BCUT2D eigenvalue weighted by molar-refractivity contribution is 5.94. The third kappa shape index (κ3) is 2.84. The number of para-hydroxylation sites is 1. The molecule has 108 valence electrons. The van der Waals surface area contributed by atoms with Crippen LogP contribution in [0.25, 0.3) is 0 Å². The summed E-state index contributed by atoms with van der Waals surface area (Å²) in [5.74, 6) is -0.738. The molecule has 0 aliphatic heterocycles. The Balaban J connectivity index is 2.56. The first-order chi connectivity index (χ1) is 9.91. The van der Waals surface area contributed by atoms with E-state index >= 15 is 0 Å². The molecule has 1 aromatic carbocycles. The summed E-state index contributed by atoms with van der Waals surface area (Å²) in [6, 6.07) is 8.24. The first kappa shape index (κ1) is 14.5. The Morgan fingerprint density at radius 2 is 2.00 bits per heavy atom. The van der Waals surface area contributed by atoms with Crippen molar-refractivity contribution in [2.24, 2.45) is 10.8 Å². The number of phenols is 1. The van der Waals surface area contributed by atoms with Gasteiger partial charge >= 0.3 is 0 Å². The number of carbonyl (C=O) groups is 1. The van der Waals surface area contributed by atoms with Crippen molar-refractivity contribution in [3.8, 4) is 5.75 Å². The zero-order chi connectivity index (χ0) is 15.6. The van der Waals surface area contributed by atoms with E-state index in [1.807, 2.05) is 0 Å². The lowest BCUT2D eigenvalue weighted by Gasteiger charge is -2.08. The van der Waals surface area contributed by atoms with E-state index in [9.17, 15) is 14.7 Å². The highest BCUT2D eigenvalue weighted by atomic mass is 16.3. The number of aromatic hydroxyl groups is 1. The number of rotatable bonds is 3. The van der Waals surface area contributed by atoms with Crippen LogP contribution < -0.4 is 11.3 Å². The minimum absolute atomic E-state index is 0.0502. The van der Waals surface area contributed by atoms with Gasteiger partial charge in [-0.05, 0) is 37.6 Å². The van der Waals surface area contributed by atoms with E-state index < -0.39 is 11.5 Å². The van der Waals surface area contributed by atoms with E-state index in [0.29, 0.717) is 16.8 Å². The van der Waals surface area contributed by atoms with Crippen LogP contribution in [0.2, 0.25) is 0 Å². The van der Waals surface area contributed by atoms with Crippen LogP contribution in [0.1, 0.15) is 27.2 Å². The molecule has 2 aromatic rings. The van der Waals surface area contributed by atoms with Crippen LogP contribution in [-0.2, 0) is 0 Å². The lowest BCUT2D eigenvalue weighted by atomic mass is 10.1. The van der Waals surface area contributed by atoms with Crippen LogP contribution in [0.4, 0.5) is 0 Å². The van der Waals surface area contributed by atoms with Gasteiger partial charge in [0, 0.05) is 11.3 Å². The molecule has 0 saturated carbocycles. The molecule has 1 heterocycles. The number of aryl methyl sites for hydroxylation is 2. The summed E-state index contributed by atoms with van der Waals surface area (Å²) in [5, 5.41) is 13.7. The summed E-state index contributed by atoms with van der Waals surface area (Å²) in [5.41, 5.74) is 6.10. The maximum absolute atomic E-state index is 12.2. The quantitative estimate of drug-likeness (QED) is 0.828. The van der Waals surface area contributed by atoms with Crippen LogP contribution in [-0.4, -0.2) is 21.9 Å². The Morgan fingerprint density at radius 3 is 2.62 bits per heavy atom. The van der Waals surface area contributed by atoms with Gasteiger partial charge < -0.3 is 10.8 Å². The number of hydrogen-bond acceptors (Lipinski definition) is 4. The molecular formula is C15H15N3O3. The van der Waals surface area contributed by atoms with Crippen molar-refractivity contribution in [2.75, 3.05) is 0 Å². The number of primary amides is 1. The van der Waals surface area contributed by atoms with Gasteiger partial charge in [0.1, 0.15) is 11.3 Å². The predicted octanol–water partition coefficient (Wildman–Crippen LogP) is 1.15. The van der Waals surface area contributed by atoms with E-state index in [1.165, 1.54) is 12.3 Å². The zero-order valence-electron chi connectivity index (χ0n) is 11.7. The largest absolute Gasteiger partial charge is 0.507 e. The lowest BCUT2D eigenvalue weighted by molar-refractivity contribution is 0.0997. The molecule has 0 aliphatic carbocycles. The number of aromatic nitrogens is 1. The van der Waals surface area contributed by atoms with Gasteiger partial charge in [-0.15, -0.1) is 0 Å². The molecule has 0 fully saturated rings. The highest BCUT2D eigenvalue weighted by Gasteiger charge is 2.14. The zero-order valence-corrected chi connectivity index (χ0v) is 11.7. The lowest BCUT2D eigenvalue weighted by Crippen LogP contribution is -2.30. The molecular weight excluding hydrogens is 270 g/mol. The molecule has 0 unspecified atom stereocenters. The van der Waals surface area contributed by atoms with E-state index in [4.69, 9.17) is 5.73 Å². The van der Waals surface area contributed by atoms with Crippen molar-refractivity contribution in [3.05, 3.63) is 63.1 Å². The summed E-state index contributed by atoms with van der Waals surface area (Å²) >= 11 is 0. The number of carbonyl (C=O) groups excluding carboxylic acids is 1. The SMILES string of the molecule is Cc1cc(C)n(/N=C\c2ccccc2O)c(=O)c1C(N)=O. The normalized spacial score (nSPS) is 11.0. The Bertz CT molecular complexity index is 791. The summed E-state index contributed by atoms with van der Waals surface area (Å²) in [6.07, 6.45) is 1.35. The fourth-order valence-corrected chi connectivity index (χ4v) is 2.04. The minimum atomic E-state index is -0.788. The number of nitrogens with two attached hydrogens (primary N) is 1. The van der Waals surface area contributed by atoms with E-state index in [0.717, 1.165) is 4.68 Å². The Labute approximate surface area is 121 Å². The van der Waals surface area contributed by atoms with Gasteiger partial charge in [-0.25, -0.2) is 4.68 Å². The fourth-order valence-electron chi connectivity index (χ4n) is 2.04. The van der Waals surface area contributed by atoms with Crippen LogP contribution in [0.5, 0.6) is 5.75 Å². The molecule has 0 spiro atoms. The molecule has 21 heavy (non-hydrogen) atoms. The maximum atomic E-state index is 12.2. The Kier molecular flexibility index (Phi) is 3.89. The van der Waals surface area contributed by atoms with E-state index in [-0.39, 0.29) is 11.3 Å². The van der Waals surface area contributed by atoms with Crippen LogP contribution in [0, 0.1) is 13.8 Å². The first-order valence-corrected chi connectivity index (χ1v) is 6.27. The smallest absolute Gasteiger partial charge is 0.284 e. The van der Waals surface area contributed by atoms with Crippen molar-refractivity contribution in [1.82, 2.24) is 4.68 Å². The number of benzene rings is 1. The van der Waals surface area contributed by atoms with Gasteiger partial charge in [0.25, 0.3) is 11.5 Å². The fraction of sp³-hybridized carbons (Fsp3) is 0.133. The molecule has 6 heteroatoms. The topological polar surface area (TPSA) is 97.7 Å². The molecule has 0 saturated heterocycles. The molecule has 0 atom stereocenters. The number of pyridine rings is 1. The Hall–Kier alpha value is -2.89. The Morgan fingerprint density at radius 1 is 1.33 bits per heavy atom. The number of amides is 1. The van der Waals surface area contributed by atoms with Gasteiger partial charge in [-0.1, -0.05) is 12.1 Å². The van der Waals surface area contributed by atoms with Crippen molar-refractivity contribution < 1.29 is 9.90 Å². The number of phenolic OH excluding ortho intramolecular Hbond substituents is 1. The third-order valence-electron chi connectivity index (χ3n) is 3.06. The van der Waals surface area contributed by atoms with Crippen molar-refractivity contribution >= 4 is 12.1 Å². The van der Waals surface area contributed by atoms with Gasteiger partial charge in [-0.3, -0.25) is 9.59 Å². The predicted molar refractivity (Wildman–Crippen MR) is 79.8 cm³/mol. The molecule has 2 rings (SSSR count). The molecule has 1 amide bonds. The van der Waals surface area contributed by atoms with Crippen LogP contribution in [0.15, 0.2) is 40.2 Å². The molecule has 1 aromatic heterocycles.